The quantitative estimate of drug-likeness (QED) is 0.631. The molecule has 2 heterocycles. The molecule has 2 aromatic heterocycles. The third-order valence-electron chi connectivity index (χ3n) is 4.36. The van der Waals surface area contributed by atoms with Crippen LogP contribution in [0.2, 0.25) is 0 Å². The van der Waals surface area contributed by atoms with Gasteiger partial charge in [-0.3, -0.25) is 14.3 Å². The lowest BCUT2D eigenvalue weighted by atomic mass is 10.2. The molecule has 1 N–H and O–H groups in total. The molecule has 0 spiro atoms. The van der Waals surface area contributed by atoms with Crippen LogP contribution in [0.15, 0.2) is 47.9 Å². The van der Waals surface area contributed by atoms with Gasteiger partial charge in [-0.25, -0.2) is 8.78 Å². The first kappa shape index (κ1) is 18.5. The highest BCUT2D eigenvalue weighted by atomic mass is 32.2. The summed E-state index contributed by atoms with van der Waals surface area (Å²) in [6.07, 6.45) is 5.46. The Labute approximate surface area is 164 Å². The van der Waals surface area contributed by atoms with Crippen LogP contribution in [-0.2, 0) is 4.79 Å². The van der Waals surface area contributed by atoms with Crippen molar-refractivity contribution in [2.75, 3.05) is 5.32 Å². The van der Waals surface area contributed by atoms with E-state index >= 15 is 0 Å². The molecule has 1 atom stereocenters. The van der Waals surface area contributed by atoms with E-state index in [2.05, 4.69) is 20.5 Å². The van der Waals surface area contributed by atoms with Crippen LogP contribution in [0.3, 0.4) is 0 Å². The van der Waals surface area contributed by atoms with Gasteiger partial charge in [0.25, 0.3) is 0 Å². The molecule has 1 aliphatic carbocycles. The first-order valence-electron chi connectivity index (χ1n) is 8.81. The zero-order valence-electron chi connectivity index (χ0n) is 15.0. The Bertz CT molecular complexity index is 1010. The number of aromatic nitrogens is 4. The molecule has 0 saturated heterocycles. The molecule has 28 heavy (non-hydrogen) atoms. The number of hydrogen-bond donors (Lipinski definition) is 1. The first-order chi connectivity index (χ1) is 13.5. The summed E-state index contributed by atoms with van der Waals surface area (Å²) in [5.74, 6) is -1.17. The van der Waals surface area contributed by atoms with Crippen molar-refractivity contribution in [3.8, 4) is 11.4 Å². The molecule has 0 aliphatic heterocycles. The van der Waals surface area contributed by atoms with Gasteiger partial charge in [-0.2, -0.15) is 0 Å². The lowest BCUT2D eigenvalue weighted by molar-refractivity contribution is -0.115. The van der Waals surface area contributed by atoms with E-state index in [1.807, 2.05) is 16.7 Å². The van der Waals surface area contributed by atoms with Crippen molar-refractivity contribution in [3.05, 3.63) is 54.4 Å². The largest absolute Gasteiger partial charge is 0.323 e. The van der Waals surface area contributed by atoms with Crippen LogP contribution in [0.25, 0.3) is 11.4 Å². The van der Waals surface area contributed by atoms with Gasteiger partial charge in [0.1, 0.15) is 11.6 Å². The highest BCUT2D eigenvalue weighted by Gasteiger charge is 2.31. The molecule has 0 bridgehead atoms. The Morgan fingerprint density at radius 1 is 1.21 bits per heavy atom. The van der Waals surface area contributed by atoms with E-state index in [1.54, 1.807) is 19.3 Å². The lowest BCUT2D eigenvalue weighted by Crippen LogP contribution is -2.23. The van der Waals surface area contributed by atoms with Crippen LogP contribution in [0.1, 0.15) is 25.8 Å². The second kappa shape index (κ2) is 7.67. The SMILES string of the molecule is C[C@H](Sc1nnc(-c2ccncc2)n1C1CC1)C(=O)Nc1ccc(F)cc1F. The number of nitrogens with one attached hydrogen (secondary N) is 1. The molecule has 144 valence electrons. The first-order valence-corrected chi connectivity index (χ1v) is 9.69. The third-order valence-corrected chi connectivity index (χ3v) is 5.41. The fraction of sp³-hybridized carbons (Fsp3) is 0.263. The second-order valence-corrected chi connectivity index (χ2v) is 7.82. The van der Waals surface area contributed by atoms with Gasteiger partial charge >= 0.3 is 0 Å². The lowest BCUT2D eigenvalue weighted by Gasteiger charge is -2.13. The molecular formula is C19H17F2N5OS. The number of amides is 1. The van der Waals surface area contributed by atoms with Crippen molar-refractivity contribution in [2.45, 2.75) is 36.2 Å². The Hall–Kier alpha value is -2.81. The van der Waals surface area contributed by atoms with Crippen molar-refractivity contribution in [3.63, 3.8) is 0 Å². The number of pyridine rings is 1. The van der Waals surface area contributed by atoms with E-state index in [0.717, 1.165) is 36.4 Å². The van der Waals surface area contributed by atoms with E-state index in [-0.39, 0.29) is 5.69 Å². The van der Waals surface area contributed by atoms with Crippen LogP contribution in [0.4, 0.5) is 14.5 Å². The second-order valence-electron chi connectivity index (χ2n) is 6.52. The summed E-state index contributed by atoms with van der Waals surface area (Å²) in [5, 5.41) is 11.1. The minimum atomic E-state index is -0.813. The number of rotatable bonds is 6. The molecule has 1 fully saturated rings. The van der Waals surface area contributed by atoms with Crippen molar-refractivity contribution < 1.29 is 13.6 Å². The predicted molar refractivity (Wildman–Crippen MR) is 102 cm³/mol. The number of anilines is 1. The fourth-order valence-electron chi connectivity index (χ4n) is 2.75. The van der Waals surface area contributed by atoms with Gasteiger partial charge in [-0.05, 0) is 44.0 Å². The molecular weight excluding hydrogens is 384 g/mol. The maximum absolute atomic E-state index is 13.8. The molecule has 1 amide bonds. The summed E-state index contributed by atoms with van der Waals surface area (Å²) < 4.78 is 28.8. The number of halogens is 2. The molecule has 0 unspecified atom stereocenters. The van der Waals surface area contributed by atoms with Gasteiger partial charge in [0.2, 0.25) is 5.91 Å². The van der Waals surface area contributed by atoms with Gasteiger partial charge in [-0.1, -0.05) is 11.8 Å². The highest BCUT2D eigenvalue weighted by molar-refractivity contribution is 8.00. The van der Waals surface area contributed by atoms with Gasteiger partial charge in [0, 0.05) is 30.1 Å². The molecule has 3 aromatic rings. The average Bonchev–Trinajstić information content (AvgIpc) is 3.44. The van der Waals surface area contributed by atoms with Gasteiger partial charge in [-0.15, -0.1) is 10.2 Å². The van der Waals surface area contributed by atoms with Gasteiger partial charge < -0.3 is 5.32 Å². The minimum Gasteiger partial charge on any atom is -0.323 e. The predicted octanol–water partition coefficient (Wildman–Crippen LogP) is 4.07. The zero-order chi connectivity index (χ0) is 19.7. The van der Waals surface area contributed by atoms with E-state index < -0.39 is 22.8 Å². The third kappa shape index (κ3) is 3.89. The van der Waals surface area contributed by atoms with E-state index in [0.29, 0.717) is 11.2 Å². The smallest absolute Gasteiger partial charge is 0.237 e. The van der Waals surface area contributed by atoms with Crippen LogP contribution in [-0.4, -0.2) is 30.9 Å². The summed E-state index contributed by atoms with van der Waals surface area (Å²) in [6.45, 7) is 1.71. The standard InChI is InChI=1S/C19H17F2N5OS/c1-11(18(27)23-16-5-2-13(20)10-15(16)21)28-19-25-24-17(26(19)14-3-4-14)12-6-8-22-9-7-12/h2,5-11,14H,3-4H2,1H3,(H,23,27)/t11-/m0/s1. The molecule has 9 heteroatoms. The maximum Gasteiger partial charge on any atom is 0.237 e. The monoisotopic (exact) mass is 401 g/mol. The Kier molecular flexibility index (Phi) is 5.08. The maximum atomic E-state index is 13.8. The van der Waals surface area contributed by atoms with Gasteiger partial charge in [0.15, 0.2) is 11.0 Å². The topological polar surface area (TPSA) is 72.7 Å². The molecule has 6 nitrogen and oxygen atoms in total. The van der Waals surface area contributed by atoms with Crippen LogP contribution < -0.4 is 5.32 Å². The Morgan fingerprint density at radius 3 is 2.64 bits per heavy atom. The van der Waals surface area contributed by atoms with E-state index in [4.69, 9.17) is 0 Å². The molecule has 4 rings (SSSR count). The summed E-state index contributed by atoms with van der Waals surface area (Å²) in [5.41, 5.74) is 0.853. The number of hydrogen-bond acceptors (Lipinski definition) is 5. The van der Waals surface area contributed by atoms with E-state index in [9.17, 15) is 13.6 Å². The number of nitrogens with zero attached hydrogens (tertiary/aromatic N) is 4. The van der Waals surface area contributed by atoms with Crippen molar-refractivity contribution >= 4 is 23.4 Å². The van der Waals surface area contributed by atoms with Crippen molar-refractivity contribution in [2.24, 2.45) is 0 Å². The summed E-state index contributed by atoms with van der Waals surface area (Å²) in [6, 6.07) is 7.08. The Balaban J connectivity index is 1.52. The minimum absolute atomic E-state index is 0.0556. The summed E-state index contributed by atoms with van der Waals surface area (Å²) in [4.78, 5) is 16.5. The normalized spacial score (nSPS) is 14.7. The fourth-order valence-corrected chi connectivity index (χ4v) is 3.67. The zero-order valence-corrected chi connectivity index (χ0v) is 15.8. The number of carbonyl (C=O) groups is 1. The molecule has 0 radical (unpaired) electrons. The summed E-state index contributed by atoms with van der Waals surface area (Å²) >= 11 is 1.26. The number of carbonyl (C=O) groups excluding carboxylic acids is 1. The van der Waals surface area contributed by atoms with Gasteiger partial charge in [0.05, 0.1) is 10.9 Å². The average molecular weight is 401 g/mol. The molecule has 1 aliphatic rings. The van der Waals surface area contributed by atoms with E-state index in [1.165, 1.54) is 17.8 Å². The Morgan fingerprint density at radius 2 is 1.96 bits per heavy atom. The number of thioether (sulfide) groups is 1. The van der Waals surface area contributed by atoms with Crippen molar-refractivity contribution in [1.29, 1.82) is 0 Å². The summed E-state index contributed by atoms with van der Waals surface area (Å²) in [7, 11) is 0. The van der Waals surface area contributed by atoms with Crippen LogP contribution in [0, 0.1) is 11.6 Å². The van der Waals surface area contributed by atoms with Crippen molar-refractivity contribution in [1.82, 2.24) is 19.7 Å². The molecule has 1 aromatic carbocycles. The number of benzene rings is 1. The molecule has 1 saturated carbocycles. The highest BCUT2D eigenvalue weighted by Crippen LogP contribution is 2.41. The van der Waals surface area contributed by atoms with Crippen LogP contribution >= 0.6 is 11.8 Å². The van der Waals surface area contributed by atoms with Crippen LogP contribution in [0.5, 0.6) is 0 Å².